The van der Waals surface area contributed by atoms with E-state index in [2.05, 4.69) is 16.3 Å². The Bertz CT molecular complexity index is 931. The zero-order valence-corrected chi connectivity index (χ0v) is 20.9. The van der Waals surface area contributed by atoms with Crippen LogP contribution in [0.25, 0.3) is 0 Å². The lowest BCUT2D eigenvalue weighted by Gasteiger charge is -2.61. The van der Waals surface area contributed by atoms with Gasteiger partial charge in [-0.05, 0) is 74.5 Å². The van der Waals surface area contributed by atoms with Crippen LogP contribution in [0.2, 0.25) is 0 Å². The van der Waals surface area contributed by atoms with Crippen molar-refractivity contribution in [3.8, 4) is 0 Å². The molecule has 0 aromatic heterocycles. The number of ketones is 1. The molecule has 2 amide bonds. The minimum atomic E-state index is -0.396. The maximum atomic E-state index is 13.3. The van der Waals surface area contributed by atoms with Crippen LogP contribution < -0.4 is 5.32 Å². The number of piperidine rings is 1. The first-order valence-electron chi connectivity index (χ1n) is 13.6. The summed E-state index contributed by atoms with van der Waals surface area (Å²) >= 11 is 0. The average molecular weight is 465 g/mol. The molecule has 0 unspecified atom stereocenters. The highest BCUT2D eigenvalue weighted by Gasteiger charge is 2.62. The number of nitrogens with one attached hydrogen (secondary N) is 1. The Balaban J connectivity index is 1.27. The van der Waals surface area contributed by atoms with Crippen molar-refractivity contribution in [1.29, 1.82) is 0 Å². The van der Waals surface area contributed by atoms with Crippen molar-refractivity contribution in [1.82, 2.24) is 10.2 Å². The fourth-order valence-corrected chi connectivity index (χ4v) is 6.92. The number of nitrogens with zero attached hydrogens (tertiary/aromatic N) is 1. The molecule has 5 nitrogen and oxygen atoms in total. The fraction of sp³-hybridized carbons (Fsp3) is 0.690. The van der Waals surface area contributed by atoms with Gasteiger partial charge in [-0.15, -0.1) is 0 Å². The van der Waals surface area contributed by atoms with E-state index in [1.54, 1.807) is 0 Å². The van der Waals surface area contributed by atoms with Gasteiger partial charge in [-0.1, -0.05) is 45.2 Å². The van der Waals surface area contributed by atoms with E-state index in [0.717, 1.165) is 82.4 Å². The molecule has 4 aliphatic carbocycles. The van der Waals surface area contributed by atoms with Crippen LogP contribution in [0.15, 0.2) is 24.3 Å². The van der Waals surface area contributed by atoms with Gasteiger partial charge in [0.05, 0.1) is 11.5 Å². The summed E-state index contributed by atoms with van der Waals surface area (Å²) in [5.74, 6) is 1.59. The van der Waals surface area contributed by atoms with Crippen molar-refractivity contribution in [2.45, 2.75) is 90.0 Å². The Morgan fingerprint density at radius 3 is 2.38 bits per heavy atom. The van der Waals surface area contributed by atoms with Gasteiger partial charge < -0.3 is 10.2 Å². The first-order valence-corrected chi connectivity index (χ1v) is 13.6. The number of likely N-dealkylation sites (tertiary alicyclic amines) is 1. The van der Waals surface area contributed by atoms with Crippen molar-refractivity contribution in [3.63, 3.8) is 0 Å². The summed E-state index contributed by atoms with van der Waals surface area (Å²) in [4.78, 5) is 41.5. The fourth-order valence-electron chi connectivity index (χ4n) is 6.92. The Labute approximate surface area is 204 Å². The summed E-state index contributed by atoms with van der Waals surface area (Å²) in [5, 5.41) is 3.13. The molecule has 4 saturated carbocycles. The molecule has 1 aliphatic heterocycles. The van der Waals surface area contributed by atoms with Gasteiger partial charge in [-0.3, -0.25) is 14.4 Å². The molecular formula is C29H40N2O3. The molecule has 0 spiro atoms. The SMILES string of the molecule is CC(C)C(=O)[C@H](NC(=O)c1cccc([C@@H]2CCCN(C(=O)C34CC(C3)C4)C2)c1)C1CCCCC1. The zero-order chi connectivity index (χ0) is 23.9. The maximum Gasteiger partial charge on any atom is 0.251 e. The molecule has 2 bridgehead atoms. The summed E-state index contributed by atoms with van der Waals surface area (Å²) in [6.07, 6.45) is 10.9. The van der Waals surface area contributed by atoms with Crippen LogP contribution in [0.4, 0.5) is 0 Å². The third-order valence-corrected chi connectivity index (χ3v) is 9.10. The van der Waals surface area contributed by atoms with Crippen LogP contribution in [0.5, 0.6) is 0 Å². The van der Waals surface area contributed by atoms with Gasteiger partial charge in [0.15, 0.2) is 5.78 Å². The first-order chi connectivity index (χ1) is 16.4. The van der Waals surface area contributed by atoms with Crippen LogP contribution in [-0.4, -0.2) is 41.6 Å². The van der Waals surface area contributed by atoms with Crippen molar-refractivity contribution < 1.29 is 14.4 Å². The van der Waals surface area contributed by atoms with Gasteiger partial charge in [0.2, 0.25) is 5.91 Å². The Kier molecular flexibility index (Phi) is 6.56. The lowest BCUT2D eigenvalue weighted by molar-refractivity contribution is -0.178. The molecule has 6 rings (SSSR count). The highest BCUT2D eigenvalue weighted by Crippen LogP contribution is 2.65. The smallest absolute Gasteiger partial charge is 0.251 e. The van der Waals surface area contributed by atoms with Crippen LogP contribution in [-0.2, 0) is 9.59 Å². The molecule has 5 heteroatoms. The van der Waals surface area contributed by atoms with Gasteiger partial charge in [0.25, 0.3) is 5.91 Å². The number of carbonyl (C=O) groups is 3. The number of benzene rings is 1. The summed E-state index contributed by atoms with van der Waals surface area (Å²) in [7, 11) is 0. The van der Waals surface area contributed by atoms with E-state index in [1.807, 2.05) is 32.0 Å². The predicted octanol–water partition coefficient (Wildman–Crippen LogP) is 5.10. The van der Waals surface area contributed by atoms with Gasteiger partial charge in [0.1, 0.15) is 0 Å². The molecule has 1 aromatic rings. The quantitative estimate of drug-likeness (QED) is 0.611. The highest BCUT2D eigenvalue weighted by atomic mass is 16.2. The van der Waals surface area contributed by atoms with Crippen LogP contribution in [0, 0.1) is 23.2 Å². The summed E-state index contributed by atoms with van der Waals surface area (Å²) in [6.45, 7) is 5.47. The van der Waals surface area contributed by atoms with Gasteiger partial charge in [0, 0.05) is 30.5 Å². The largest absolute Gasteiger partial charge is 0.342 e. The average Bonchev–Trinajstić information content (AvgIpc) is 2.80. The number of Topliss-reactive ketones (excluding diaryl/α,β-unsaturated/α-hetero) is 1. The summed E-state index contributed by atoms with van der Waals surface area (Å²) in [6, 6.07) is 7.49. The van der Waals surface area contributed by atoms with Crippen molar-refractivity contribution >= 4 is 17.6 Å². The first kappa shape index (κ1) is 23.6. The lowest BCUT2D eigenvalue weighted by atomic mass is 9.44. The van der Waals surface area contributed by atoms with E-state index >= 15 is 0 Å². The van der Waals surface area contributed by atoms with Crippen molar-refractivity contribution in [2.75, 3.05) is 13.1 Å². The molecule has 34 heavy (non-hydrogen) atoms. The second kappa shape index (κ2) is 9.47. The Hall–Kier alpha value is -2.17. The highest BCUT2D eigenvalue weighted by molar-refractivity contribution is 5.98. The second-order valence-electron chi connectivity index (χ2n) is 11.9. The van der Waals surface area contributed by atoms with E-state index in [9.17, 15) is 14.4 Å². The van der Waals surface area contributed by atoms with Gasteiger partial charge >= 0.3 is 0 Å². The monoisotopic (exact) mass is 464 g/mol. The normalized spacial score (nSPS) is 29.7. The molecule has 184 valence electrons. The Morgan fingerprint density at radius 1 is 1.00 bits per heavy atom. The lowest BCUT2D eigenvalue weighted by Crippen LogP contribution is -2.62. The Morgan fingerprint density at radius 2 is 1.74 bits per heavy atom. The van der Waals surface area contributed by atoms with Crippen LogP contribution in [0.1, 0.15) is 99.9 Å². The molecule has 0 radical (unpaired) electrons. The van der Waals surface area contributed by atoms with E-state index in [0.29, 0.717) is 11.5 Å². The zero-order valence-electron chi connectivity index (χ0n) is 20.9. The molecule has 1 N–H and O–H groups in total. The standard InChI is InChI=1S/C29H40N2O3/c1-19(2)26(32)25(21-8-4-3-5-9-21)30-27(33)23-11-6-10-22(14-23)24-12-7-13-31(18-24)28(34)29-15-20(16-29)17-29/h6,10-11,14,19-21,24-25H,3-5,7-9,12-13,15-18H2,1-2H3,(H,30,33)/t20?,24-,25-,29?/m1/s1. The molecule has 5 fully saturated rings. The summed E-state index contributed by atoms with van der Waals surface area (Å²) in [5.41, 5.74) is 1.73. The van der Waals surface area contributed by atoms with Gasteiger partial charge in [-0.25, -0.2) is 0 Å². The van der Waals surface area contributed by atoms with Crippen LogP contribution >= 0.6 is 0 Å². The van der Waals surface area contributed by atoms with E-state index in [4.69, 9.17) is 0 Å². The molecule has 1 saturated heterocycles. The topological polar surface area (TPSA) is 66.5 Å². The van der Waals surface area contributed by atoms with Crippen molar-refractivity contribution in [2.24, 2.45) is 23.2 Å². The minimum Gasteiger partial charge on any atom is -0.342 e. The predicted molar refractivity (Wildman–Crippen MR) is 132 cm³/mol. The molecule has 1 heterocycles. The van der Waals surface area contributed by atoms with E-state index in [1.165, 1.54) is 6.42 Å². The van der Waals surface area contributed by atoms with E-state index in [-0.39, 0.29) is 34.9 Å². The summed E-state index contributed by atoms with van der Waals surface area (Å²) < 4.78 is 0. The second-order valence-corrected chi connectivity index (χ2v) is 11.9. The number of hydrogen-bond donors (Lipinski definition) is 1. The van der Waals surface area contributed by atoms with Gasteiger partial charge in [-0.2, -0.15) is 0 Å². The number of carbonyl (C=O) groups excluding carboxylic acids is 3. The number of amides is 2. The van der Waals surface area contributed by atoms with Crippen molar-refractivity contribution in [3.05, 3.63) is 35.4 Å². The minimum absolute atomic E-state index is 0.0224. The van der Waals surface area contributed by atoms with E-state index < -0.39 is 6.04 Å². The molecule has 5 aliphatic rings. The molecule has 2 atom stereocenters. The number of hydrogen-bond acceptors (Lipinski definition) is 3. The number of rotatable bonds is 7. The third-order valence-electron chi connectivity index (χ3n) is 9.10. The third kappa shape index (κ3) is 4.43. The molecular weight excluding hydrogens is 424 g/mol. The van der Waals surface area contributed by atoms with Crippen LogP contribution in [0.3, 0.4) is 0 Å². The maximum absolute atomic E-state index is 13.3. The molecule has 1 aromatic carbocycles.